The SMILES string of the molecule is O=C(Nc1ccc2nc(CN3CCOCC3)[nH]c2c1)C1CCCN(c2ncccc2C(F)(F)F)C1. The average molecular weight is 489 g/mol. The highest BCUT2D eigenvalue weighted by Gasteiger charge is 2.37. The van der Waals surface area contributed by atoms with Crippen molar-refractivity contribution in [2.45, 2.75) is 25.6 Å². The largest absolute Gasteiger partial charge is 0.419 e. The minimum absolute atomic E-state index is 0.121. The van der Waals surface area contributed by atoms with Gasteiger partial charge in [0.2, 0.25) is 5.91 Å². The molecule has 2 N–H and O–H groups in total. The molecule has 35 heavy (non-hydrogen) atoms. The normalized spacial score (nSPS) is 19.7. The number of aromatic nitrogens is 3. The number of carbonyl (C=O) groups is 1. The van der Waals surface area contributed by atoms with Crippen LogP contribution in [0.25, 0.3) is 11.0 Å². The number of amides is 1. The summed E-state index contributed by atoms with van der Waals surface area (Å²) in [4.78, 5) is 28.8. The first kappa shape index (κ1) is 23.6. The van der Waals surface area contributed by atoms with Crippen molar-refractivity contribution in [1.82, 2.24) is 19.9 Å². The summed E-state index contributed by atoms with van der Waals surface area (Å²) in [6.07, 6.45) is -1.94. The number of carbonyl (C=O) groups excluding carboxylic acids is 1. The lowest BCUT2D eigenvalue weighted by molar-refractivity contribution is -0.137. The Hall–Kier alpha value is -3.18. The number of rotatable bonds is 5. The minimum Gasteiger partial charge on any atom is -0.379 e. The van der Waals surface area contributed by atoms with Gasteiger partial charge in [-0.3, -0.25) is 9.69 Å². The Morgan fingerprint density at radius 2 is 2.03 bits per heavy atom. The van der Waals surface area contributed by atoms with Crippen LogP contribution in [0.3, 0.4) is 0 Å². The quantitative estimate of drug-likeness (QED) is 0.570. The number of nitrogens with one attached hydrogen (secondary N) is 2. The predicted octanol–water partition coefficient (Wildman–Crippen LogP) is 3.66. The van der Waals surface area contributed by atoms with Gasteiger partial charge in [-0.2, -0.15) is 13.2 Å². The van der Waals surface area contributed by atoms with Crippen LogP contribution in [0.5, 0.6) is 0 Å². The standard InChI is InChI=1S/C24H27F3N6O2/c25-24(26,27)18-4-1-7-28-22(18)33-8-2-3-16(14-33)23(34)29-17-5-6-19-20(13-17)31-21(30-19)15-32-9-11-35-12-10-32/h1,4-7,13,16H,2-3,8-12,14-15H2,(H,29,34)(H,30,31). The highest BCUT2D eigenvalue weighted by Crippen LogP contribution is 2.36. The van der Waals surface area contributed by atoms with Crippen molar-refractivity contribution >= 4 is 28.4 Å². The zero-order chi connectivity index (χ0) is 24.4. The van der Waals surface area contributed by atoms with Gasteiger partial charge in [0, 0.05) is 38.1 Å². The maximum absolute atomic E-state index is 13.4. The van der Waals surface area contributed by atoms with E-state index in [1.54, 1.807) is 11.0 Å². The van der Waals surface area contributed by atoms with Crippen LogP contribution in [0.4, 0.5) is 24.7 Å². The number of piperidine rings is 1. The Balaban J connectivity index is 1.26. The number of alkyl halides is 3. The topological polar surface area (TPSA) is 86.4 Å². The van der Waals surface area contributed by atoms with Gasteiger partial charge in [-0.15, -0.1) is 0 Å². The summed E-state index contributed by atoms with van der Waals surface area (Å²) in [6.45, 7) is 4.46. The number of hydrogen-bond acceptors (Lipinski definition) is 6. The summed E-state index contributed by atoms with van der Waals surface area (Å²) in [5.74, 6) is 0.0705. The van der Waals surface area contributed by atoms with Gasteiger partial charge in [0.15, 0.2) is 0 Å². The van der Waals surface area contributed by atoms with Crippen LogP contribution in [0.1, 0.15) is 24.2 Å². The second-order valence-corrected chi connectivity index (χ2v) is 8.95. The number of pyridine rings is 1. The number of aromatic amines is 1. The Labute approximate surface area is 200 Å². The Morgan fingerprint density at radius 1 is 1.20 bits per heavy atom. The molecule has 2 saturated heterocycles. The molecular weight excluding hydrogens is 461 g/mol. The van der Waals surface area contributed by atoms with E-state index in [0.29, 0.717) is 44.8 Å². The lowest BCUT2D eigenvalue weighted by atomic mass is 9.96. The van der Waals surface area contributed by atoms with Gasteiger partial charge in [0.1, 0.15) is 11.6 Å². The lowest BCUT2D eigenvalue weighted by Crippen LogP contribution is -2.42. The fourth-order valence-corrected chi connectivity index (χ4v) is 4.68. The molecule has 8 nitrogen and oxygen atoms in total. The van der Waals surface area contributed by atoms with Gasteiger partial charge in [0.05, 0.1) is 42.3 Å². The Kier molecular flexibility index (Phi) is 6.61. The second-order valence-electron chi connectivity index (χ2n) is 8.95. The molecule has 1 aromatic carbocycles. The molecule has 2 aliphatic rings. The number of ether oxygens (including phenoxy) is 1. The van der Waals surface area contributed by atoms with Gasteiger partial charge < -0.3 is 19.9 Å². The number of fused-ring (bicyclic) bond motifs is 1. The lowest BCUT2D eigenvalue weighted by Gasteiger charge is -2.34. The third-order valence-corrected chi connectivity index (χ3v) is 6.46. The summed E-state index contributed by atoms with van der Waals surface area (Å²) >= 11 is 0. The predicted molar refractivity (Wildman–Crippen MR) is 125 cm³/mol. The molecule has 2 aliphatic heterocycles. The molecule has 0 spiro atoms. The molecule has 1 unspecified atom stereocenters. The Morgan fingerprint density at radius 3 is 2.83 bits per heavy atom. The number of halogens is 3. The van der Waals surface area contributed by atoms with Crippen LogP contribution >= 0.6 is 0 Å². The van der Waals surface area contributed by atoms with Crippen molar-refractivity contribution in [2.75, 3.05) is 49.6 Å². The van der Waals surface area contributed by atoms with Gasteiger partial charge in [0.25, 0.3) is 0 Å². The van der Waals surface area contributed by atoms with Gasteiger partial charge in [-0.1, -0.05) is 0 Å². The molecule has 0 radical (unpaired) electrons. The van der Waals surface area contributed by atoms with Gasteiger partial charge >= 0.3 is 6.18 Å². The maximum Gasteiger partial charge on any atom is 0.419 e. The molecule has 0 aliphatic carbocycles. The molecule has 2 fully saturated rings. The smallest absolute Gasteiger partial charge is 0.379 e. The van der Waals surface area contributed by atoms with E-state index < -0.39 is 17.7 Å². The average Bonchev–Trinajstić information content (AvgIpc) is 3.25. The number of hydrogen-bond donors (Lipinski definition) is 2. The van der Waals surface area contributed by atoms with Crippen LogP contribution in [-0.4, -0.2) is 65.2 Å². The molecule has 0 saturated carbocycles. The van der Waals surface area contributed by atoms with Crippen LogP contribution in [-0.2, 0) is 22.3 Å². The number of morpholine rings is 1. The highest BCUT2D eigenvalue weighted by atomic mass is 19.4. The van der Waals surface area contributed by atoms with Crippen molar-refractivity contribution in [3.05, 3.63) is 47.9 Å². The molecule has 186 valence electrons. The van der Waals surface area contributed by atoms with E-state index >= 15 is 0 Å². The zero-order valence-corrected chi connectivity index (χ0v) is 19.1. The molecular formula is C24H27F3N6O2. The summed E-state index contributed by atoms with van der Waals surface area (Å²) in [5, 5.41) is 2.93. The molecule has 3 aromatic rings. The van der Waals surface area contributed by atoms with E-state index in [1.165, 1.54) is 12.3 Å². The monoisotopic (exact) mass is 488 g/mol. The molecule has 1 atom stereocenters. The summed E-state index contributed by atoms with van der Waals surface area (Å²) < 4.78 is 45.7. The van der Waals surface area contributed by atoms with Crippen molar-refractivity contribution < 1.29 is 22.7 Å². The zero-order valence-electron chi connectivity index (χ0n) is 19.1. The van der Waals surface area contributed by atoms with Gasteiger partial charge in [-0.25, -0.2) is 9.97 Å². The van der Waals surface area contributed by atoms with E-state index in [4.69, 9.17) is 4.74 Å². The van der Waals surface area contributed by atoms with Crippen molar-refractivity contribution in [3.63, 3.8) is 0 Å². The van der Waals surface area contributed by atoms with Crippen LogP contribution in [0, 0.1) is 5.92 Å². The molecule has 5 rings (SSSR count). The number of anilines is 2. The maximum atomic E-state index is 13.4. The fraction of sp³-hybridized carbons (Fsp3) is 0.458. The molecule has 2 aromatic heterocycles. The molecule has 11 heteroatoms. The summed E-state index contributed by atoms with van der Waals surface area (Å²) in [5.41, 5.74) is 1.47. The van der Waals surface area contributed by atoms with E-state index in [0.717, 1.165) is 36.0 Å². The van der Waals surface area contributed by atoms with Crippen molar-refractivity contribution in [3.8, 4) is 0 Å². The third kappa shape index (κ3) is 5.40. The number of H-pyrrole nitrogens is 1. The summed E-state index contributed by atoms with van der Waals surface area (Å²) in [6, 6.07) is 7.78. The third-order valence-electron chi connectivity index (χ3n) is 6.46. The first-order valence-corrected chi connectivity index (χ1v) is 11.7. The van der Waals surface area contributed by atoms with Crippen molar-refractivity contribution in [1.29, 1.82) is 0 Å². The molecule has 1 amide bonds. The van der Waals surface area contributed by atoms with Crippen LogP contribution in [0.2, 0.25) is 0 Å². The Bertz CT molecular complexity index is 1190. The second kappa shape index (κ2) is 9.82. The summed E-state index contributed by atoms with van der Waals surface area (Å²) in [7, 11) is 0. The minimum atomic E-state index is -4.50. The number of benzene rings is 1. The number of imidazole rings is 1. The molecule has 4 heterocycles. The fourth-order valence-electron chi connectivity index (χ4n) is 4.68. The van der Waals surface area contributed by atoms with Gasteiger partial charge in [-0.05, 0) is 43.2 Å². The van der Waals surface area contributed by atoms with Crippen LogP contribution < -0.4 is 10.2 Å². The van der Waals surface area contributed by atoms with E-state index in [1.807, 2.05) is 12.1 Å². The van der Waals surface area contributed by atoms with E-state index in [2.05, 4.69) is 25.2 Å². The highest BCUT2D eigenvalue weighted by molar-refractivity contribution is 5.95. The van der Waals surface area contributed by atoms with E-state index in [9.17, 15) is 18.0 Å². The first-order valence-electron chi connectivity index (χ1n) is 11.7. The first-order chi connectivity index (χ1) is 16.9. The van der Waals surface area contributed by atoms with Crippen molar-refractivity contribution in [2.24, 2.45) is 5.92 Å². The van der Waals surface area contributed by atoms with Crippen LogP contribution in [0.15, 0.2) is 36.5 Å². The molecule has 0 bridgehead atoms. The number of nitrogens with zero attached hydrogens (tertiary/aromatic N) is 4. The van der Waals surface area contributed by atoms with E-state index in [-0.39, 0.29) is 18.3 Å².